The van der Waals surface area contributed by atoms with Crippen molar-refractivity contribution >= 4 is 22.9 Å². The molecule has 1 saturated heterocycles. The minimum Gasteiger partial charge on any atom is -0.493 e. The highest BCUT2D eigenvalue weighted by molar-refractivity contribution is 7.07. The lowest BCUT2D eigenvalue weighted by Crippen LogP contribution is -2.24. The van der Waals surface area contributed by atoms with Gasteiger partial charge < -0.3 is 29.5 Å². The van der Waals surface area contributed by atoms with Crippen LogP contribution in [-0.2, 0) is 26.2 Å². The Hall–Kier alpha value is -4.50. The molecule has 2 N–H and O–H groups in total. The summed E-state index contributed by atoms with van der Waals surface area (Å²) >= 11 is 8.42. The number of ether oxygens (including phenoxy) is 3. The van der Waals surface area contributed by atoms with Crippen LogP contribution in [-0.4, -0.2) is 58.9 Å². The molecule has 11 heteroatoms. The molecule has 1 aliphatic rings. The molecule has 2 aromatic heterocycles. The van der Waals surface area contributed by atoms with Crippen molar-refractivity contribution in [3.05, 3.63) is 122 Å². The van der Waals surface area contributed by atoms with Crippen molar-refractivity contribution in [2.75, 3.05) is 32.8 Å². The van der Waals surface area contributed by atoms with Gasteiger partial charge in [-0.05, 0) is 72.7 Å². The van der Waals surface area contributed by atoms with Crippen molar-refractivity contribution in [3.63, 3.8) is 0 Å². The standard InChI is InChI=1S/C41H44ClN5O4S/c1-28-32(6-3-7-36(28)37-8-4-9-39(29(37)2)49-15-5-13-47-14-11-35(48)23-47)25-51-41-18-40(50-24-31-16-30(19-43)20-45-21-31)33(17-38(41)42)22-44-12-10-34-26-52-27-46-34/h3-4,6-9,16-18,20-21,26-27,35,44,48H,5,10-15,22-25H2,1-2H3. The Labute approximate surface area is 314 Å². The maximum atomic E-state index is 9.80. The van der Waals surface area contributed by atoms with E-state index in [4.69, 9.17) is 25.8 Å². The first-order chi connectivity index (χ1) is 25.4. The molecular formula is C41H44ClN5O4S. The highest BCUT2D eigenvalue weighted by Gasteiger charge is 2.20. The molecule has 52 heavy (non-hydrogen) atoms. The number of hydrogen-bond acceptors (Lipinski definition) is 10. The average Bonchev–Trinajstić information content (AvgIpc) is 3.84. The van der Waals surface area contributed by atoms with Crippen LogP contribution in [0.3, 0.4) is 0 Å². The van der Waals surface area contributed by atoms with E-state index in [2.05, 4.69) is 69.7 Å². The van der Waals surface area contributed by atoms with E-state index in [1.807, 2.05) is 29.8 Å². The molecular weight excluding hydrogens is 694 g/mol. The lowest BCUT2D eigenvalue weighted by Gasteiger charge is -2.19. The maximum Gasteiger partial charge on any atom is 0.142 e. The molecule has 0 amide bonds. The van der Waals surface area contributed by atoms with E-state index >= 15 is 0 Å². The van der Waals surface area contributed by atoms with Gasteiger partial charge in [-0.3, -0.25) is 4.98 Å². The van der Waals surface area contributed by atoms with Gasteiger partial charge in [-0.1, -0.05) is 41.9 Å². The number of hydrogen-bond donors (Lipinski definition) is 2. The third-order valence-corrected chi connectivity index (χ3v) is 10.2. The Bertz CT molecular complexity index is 1980. The number of nitrogens with one attached hydrogen (secondary N) is 1. The zero-order valence-corrected chi connectivity index (χ0v) is 31.2. The Balaban J connectivity index is 1.14. The number of benzene rings is 3. The lowest BCUT2D eigenvalue weighted by molar-refractivity contribution is 0.173. The molecule has 9 nitrogen and oxygen atoms in total. The molecule has 1 aliphatic heterocycles. The normalized spacial score (nSPS) is 14.3. The summed E-state index contributed by atoms with van der Waals surface area (Å²) in [5.74, 6) is 2.04. The Kier molecular flexibility index (Phi) is 13.1. The van der Waals surface area contributed by atoms with Crippen LogP contribution < -0.4 is 19.5 Å². The largest absolute Gasteiger partial charge is 0.493 e. The van der Waals surface area contributed by atoms with Gasteiger partial charge >= 0.3 is 0 Å². The van der Waals surface area contributed by atoms with Gasteiger partial charge in [0.2, 0.25) is 0 Å². The summed E-state index contributed by atoms with van der Waals surface area (Å²) in [5, 5.41) is 25.1. The molecule has 6 rings (SSSR count). The fourth-order valence-electron chi connectivity index (χ4n) is 6.38. The van der Waals surface area contributed by atoms with E-state index in [9.17, 15) is 10.4 Å². The zero-order chi connectivity index (χ0) is 36.3. The predicted octanol–water partition coefficient (Wildman–Crippen LogP) is 7.67. The minimum absolute atomic E-state index is 0.200. The zero-order valence-electron chi connectivity index (χ0n) is 29.6. The number of pyridine rings is 1. The second-order valence-electron chi connectivity index (χ2n) is 13.0. The van der Waals surface area contributed by atoms with Crippen molar-refractivity contribution in [3.8, 4) is 34.4 Å². The smallest absolute Gasteiger partial charge is 0.142 e. The first kappa shape index (κ1) is 37.3. The van der Waals surface area contributed by atoms with Crippen molar-refractivity contribution < 1.29 is 19.3 Å². The number of halogens is 1. The van der Waals surface area contributed by atoms with Gasteiger partial charge in [-0.2, -0.15) is 5.26 Å². The number of thiazole rings is 1. The number of nitriles is 1. The van der Waals surface area contributed by atoms with Crippen LogP contribution in [0.25, 0.3) is 11.1 Å². The number of aromatic nitrogens is 2. The Morgan fingerprint density at radius 2 is 1.81 bits per heavy atom. The summed E-state index contributed by atoms with van der Waals surface area (Å²) in [6.07, 6.45) is 5.61. The van der Waals surface area contributed by atoms with Crippen LogP contribution in [0.1, 0.15) is 51.9 Å². The topological polar surface area (TPSA) is 113 Å². The molecule has 270 valence electrons. The second-order valence-corrected chi connectivity index (χ2v) is 14.2. The number of aliphatic hydroxyl groups is 1. The number of aliphatic hydroxyl groups excluding tert-OH is 1. The molecule has 1 fully saturated rings. The third-order valence-electron chi connectivity index (χ3n) is 9.32. The summed E-state index contributed by atoms with van der Waals surface area (Å²) in [7, 11) is 0. The van der Waals surface area contributed by atoms with Gasteiger partial charge in [0.25, 0.3) is 0 Å². The Morgan fingerprint density at radius 3 is 2.60 bits per heavy atom. The lowest BCUT2D eigenvalue weighted by atomic mass is 9.93. The van der Waals surface area contributed by atoms with E-state index < -0.39 is 0 Å². The average molecular weight is 738 g/mol. The van der Waals surface area contributed by atoms with Gasteiger partial charge in [0.15, 0.2) is 0 Å². The van der Waals surface area contributed by atoms with Gasteiger partial charge in [-0.15, -0.1) is 11.3 Å². The molecule has 3 heterocycles. The van der Waals surface area contributed by atoms with Gasteiger partial charge in [-0.25, -0.2) is 4.98 Å². The monoisotopic (exact) mass is 737 g/mol. The van der Waals surface area contributed by atoms with E-state index in [0.29, 0.717) is 41.8 Å². The predicted molar refractivity (Wildman–Crippen MR) is 205 cm³/mol. The summed E-state index contributed by atoms with van der Waals surface area (Å²) in [4.78, 5) is 10.8. The number of nitrogens with zero attached hydrogens (tertiary/aromatic N) is 4. The number of likely N-dealkylation sites (tertiary alicyclic amines) is 1. The molecule has 1 atom stereocenters. The van der Waals surface area contributed by atoms with Crippen LogP contribution >= 0.6 is 22.9 Å². The van der Waals surface area contributed by atoms with Crippen molar-refractivity contribution in [1.29, 1.82) is 5.26 Å². The summed E-state index contributed by atoms with van der Waals surface area (Å²) in [5.41, 5.74) is 10.6. The molecule has 5 aromatic rings. The van der Waals surface area contributed by atoms with Gasteiger partial charge in [0, 0.05) is 74.1 Å². The molecule has 0 radical (unpaired) electrons. The fourth-order valence-corrected chi connectivity index (χ4v) is 7.22. The quantitative estimate of drug-likeness (QED) is 0.0929. The molecule has 0 bridgehead atoms. The van der Waals surface area contributed by atoms with Crippen molar-refractivity contribution in [2.24, 2.45) is 0 Å². The van der Waals surface area contributed by atoms with Crippen LogP contribution in [0, 0.1) is 25.2 Å². The van der Waals surface area contributed by atoms with Crippen molar-refractivity contribution in [1.82, 2.24) is 20.2 Å². The highest BCUT2D eigenvalue weighted by Crippen LogP contribution is 2.36. The van der Waals surface area contributed by atoms with Crippen LogP contribution in [0.5, 0.6) is 17.2 Å². The highest BCUT2D eigenvalue weighted by atomic mass is 35.5. The number of β-amino-alcohol motifs (C(OH)–C–C–N with tert-alkyl or cyclic N) is 1. The van der Waals surface area contributed by atoms with E-state index in [1.165, 1.54) is 6.20 Å². The Morgan fingerprint density at radius 1 is 0.981 bits per heavy atom. The first-order valence-electron chi connectivity index (χ1n) is 17.6. The first-order valence-corrected chi connectivity index (χ1v) is 18.9. The van der Waals surface area contributed by atoms with Crippen LogP contribution in [0.4, 0.5) is 0 Å². The molecule has 0 aliphatic carbocycles. The SMILES string of the molecule is Cc1c(COc2cc(OCc3cncc(C#N)c3)c(CNCCc3cscn3)cc2Cl)cccc1-c1cccc(OCCCN2CCC(O)C2)c1C. The van der Waals surface area contributed by atoms with E-state index in [-0.39, 0.29) is 12.7 Å². The maximum absolute atomic E-state index is 9.80. The molecule has 0 spiro atoms. The van der Waals surface area contributed by atoms with E-state index in [0.717, 1.165) is 95.8 Å². The summed E-state index contributed by atoms with van der Waals surface area (Å²) in [6, 6.07) is 20.1. The third kappa shape index (κ3) is 9.88. The molecule has 0 saturated carbocycles. The second kappa shape index (κ2) is 18.3. The fraction of sp³-hybridized carbons (Fsp3) is 0.341. The van der Waals surface area contributed by atoms with E-state index in [1.54, 1.807) is 23.6 Å². The van der Waals surface area contributed by atoms with Gasteiger partial charge in [0.05, 0.1) is 34.5 Å². The van der Waals surface area contributed by atoms with Crippen LogP contribution in [0.2, 0.25) is 5.02 Å². The summed E-state index contributed by atoms with van der Waals surface area (Å²) < 4.78 is 18.9. The van der Waals surface area contributed by atoms with Gasteiger partial charge in [0.1, 0.15) is 36.5 Å². The van der Waals surface area contributed by atoms with Crippen LogP contribution in [0.15, 0.2) is 77.9 Å². The molecule has 3 aromatic carbocycles. The summed E-state index contributed by atoms with van der Waals surface area (Å²) in [6.45, 7) is 9.33. The number of rotatable bonds is 17. The van der Waals surface area contributed by atoms with Crippen molar-refractivity contribution in [2.45, 2.75) is 59.0 Å². The minimum atomic E-state index is -0.200. The molecule has 1 unspecified atom stereocenters.